The van der Waals surface area contributed by atoms with Crippen molar-refractivity contribution in [3.05, 3.63) is 15.9 Å². The first-order valence-electron chi connectivity index (χ1n) is 7.85. The van der Waals surface area contributed by atoms with Crippen molar-refractivity contribution < 1.29 is 4.79 Å². The Balaban J connectivity index is 2.90. The van der Waals surface area contributed by atoms with Crippen molar-refractivity contribution >= 4 is 21.7 Å². The Morgan fingerprint density at radius 3 is 2.25 bits per heavy atom. The zero-order valence-electron chi connectivity index (χ0n) is 13.2. The number of halogens is 1. The summed E-state index contributed by atoms with van der Waals surface area (Å²) >= 11 is 3.62. The zero-order chi connectivity index (χ0) is 15.1. The average Bonchev–Trinajstić information content (AvgIpc) is 2.75. The third-order valence-corrected chi connectivity index (χ3v) is 4.68. The largest absolute Gasteiger partial charge is 0.299 e. The van der Waals surface area contributed by atoms with Crippen LogP contribution in [-0.4, -0.2) is 15.6 Å². The molecular formula is C16H27BrN2O. The van der Waals surface area contributed by atoms with Crippen LogP contribution in [0.3, 0.4) is 0 Å². The summed E-state index contributed by atoms with van der Waals surface area (Å²) < 4.78 is 3.00. The first-order valence-corrected chi connectivity index (χ1v) is 8.64. The Bertz CT molecular complexity index is 434. The smallest absolute Gasteiger partial charge is 0.141 e. The highest BCUT2D eigenvalue weighted by Crippen LogP contribution is 2.25. The fourth-order valence-electron chi connectivity index (χ4n) is 2.66. The van der Waals surface area contributed by atoms with Gasteiger partial charge in [-0.25, -0.2) is 0 Å². The molecule has 4 heteroatoms. The van der Waals surface area contributed by atoms with Crippen LogP contribution >= 0.6 is 15.9 Å². The van der Waals surface area contributed by atoms with E-state index in [0.29, 0.717) is 12.2 Å². The maximum atomic E-state index is 12.5. The molecule has 114 valence electrons. The molecule has 0 amide bonds. The van der Waals surface area contributed by atoms with Gasteiger partial charge in [-0.3, -0.25) is 9.48 Å². The number of ketones is 1. The van der Waals surface area contributed by atoms with Crippen LogP contribution in [0.4, 0.5) is 0 Å². The molecule has 0 aliphatic heterocycles. The molecule has 0 aromatic carbocycles. The number of aryl methyl sites for hydroxylation is 2. The average molecular weight is 343 g/mol. The van der Waals surface area contributed by atoms with Gasteiger partial charge in [0.1, 0.15) is 5.78 Å². The Hall–Kier alpha value is -0.640. The van der Waals surface area contributed by atoms with E-state index in [-0.39, 0.29) is 5.92 Å². The molecule has 0 fully saturated rings. The van der Waals surface area contributed by atoms with Gasteiger partial charge in [0.15, 0.2) is 0 Å². The highest BCUT2D eigenvalue weighted by Gasteiger charge is 2.22. The minimum atomic E-state index is 0.210. The maximum Gasteiger partial charge on any atom is 0.141 e. The molecule has 0 saturated heterocycles. The lowest BCUT2D eigenvalue weighted by Crippen LogP contribution is -2.19. The van der Waals surface area contributed by atoms with Crippen molar-refractivity contribution in [2.24, 2.45) is 5.92 Å². The first-order chi connectivity index (χ1) is 9.58. The van der Waals surface area contributed by atoms with E-state index in [2.05, 4.69) is 48.7 Å². The fraction of sp³-hybridized carbons (Fsp3) is 0.750. The van der Waals surface area contributed by atoms with Crippen molar-refractivity contribution in [2.45, 2.75) is 72.8 Å². The molecule has 1 heterocycles. The molecule has 0 radical (unpaired) electrons. The lowest BCUT2D eigenvalue weighted by atomic mass is 9.91. The second-order valence-electron chi connectivity index (χ2n) is 5.29. The topological polar surface area (TPSA) is 34.9 Å². The molecule has 0 bridgehead atoms. The van der Waals surface area contributed by atoms with Crippen LogP contribution in [-0.2, 0) is 24.2 Å². The maximum absolute atomic E-state index is 12.5. The van der Waals surface area contributed by atoms with E-state index in [1.807, 2.05) is 4.68 Å². The molecule has 0 aliphatic carbocycles. The van der Waals surface area contributed by atoms with Gasteiger partial charge in [0.25, 0.3) is 0 Å². The van der Waals surface area contributed by atoms with Crippen molar-refractivity contribution in [3.8, 4) is 0 Å². The predicted octanol–water partition coefficient (Wildman–Crippen LogP) is 4.56. The number of Topliss-reactive ketones (excluding diaryl/α,β-unsaturated/α-hetero) is 1. The van der Waals surface area contributed by atoms with E-state index in [1.54, 1.807) is 0 Å². The summed E-state index contributed by atoms with van der Waals surface area (Å²) in [5.41, 5.74) is 2.10. The molecule has 0 saturated carbocycles. The third kappa shape index (κ3) is 4.18. The number of hydrogen-bond acceptors (Lipinski definition) is 2. The van der Waals surface area contributed by atoms with Crippen LogP contribution in [0.5, 0.6) is 0 Å². The van der Waals surface area contributed by atoms with Gasteiger partial charge >= 0.3 is 0 Å². The Morgan fingerprint density at radius 1 is 1.20 bits per heavy atom. The predicted molar refractivity (Wildman–Crippen MR) is 87.0 cm³/mol. The Labute approximate surface area is 131 Å². The van der Waals surface area contributed by atoms with E-state index < -0.39 is 0 Å². The summed E-state index contributed by atoms with van der Waals surface area (Å²) in [6, 6.07) is 0. The third-order valence-electron chi connectivity index (χ3n) is 3.77. The number of carbonyl (C=O) groups excluding carboxylic acids is 1. The standard InChI is InChI=1S/C16H27BrN2O/c1-5-9-12(10-6-2)15(20)11-14-16(17)13(7-3)18-19(14)8-4/h12H,5-11H2,1-4H3. The SMILES string of the molecule is CCCC(CCC)C(=O)Cc1c(Br)c(CC)nn1CC. The number of aromatic nitrogens is 2. The minimum absolute atomic E-state index is 0.210. The summed E-state index contributed by atoms with van der Waals surface area (Å²) in [7, 11) is 0. The number of rotatable bonds is 9. The van der Waals surface area contributed by atoms with Crippen LogP contribution < -0.4 is 0 Å². The van der Waals surface area contributed by atoms with Crippen molar-refractivity contribution in [2.75, 3.05) is 0 Å². The Morgan fingerprint density at radius 2 is 1.80 bits per heavy atom. The van der Waals surface area contributed by atoms with Gasteiger partial charge in [-0.1, -0.05) is 33.6 Å². The summed E-state index contributed by atoms with van der Waals surface area (Å²) in [5, 5.41) is 4.57. The van der Waals surface area contributed by atoms with Crippen LogP contribution in [0, 0.1) is 5.92 Å². The molecule has 0 atom stereocenters. The molecular weight excluding hydrogens is 316 g/mol. The van der Waals surface area contributed by atoms with Gasteiger partial charge in [0, 0.05) is 18.9 Å². The van der Waals surface area contributed by atoms with Gasteiger partial charge < -0.3 is 0 Å². The van der Waals surface area contributed by atoms with Gasteiger partial charge in [-0.05, 0) is 42.1 Å². The van der Waals surface area contributed by atoms with Crippen LogP contribution in [0.25, 0.3) is 0 Å². The van der Waals surface area contributed by atoms with Crippen LogP contribution in [0.15, 0.2) is 4.47 Å². The van der Waals surface area contributed by atoms with Gasteiger partial charge in [-0.2, -0.15) is 5.10 Å². The number of carbonyl (C=O) groups is 1. The zero-order valence-corrected chi connectivity index (χ0v) is 14.8. The highest BCUT2D eigenvalue weighted by atomic mass is 79.9. The van der Waals surface area contributed by atoms with Gasteiger partial charge in [0.2, 0.25) is 0 Å². The molecule has 1 aromatic heterocycles. The summed E-state index contributed by atoms with van der Waals surface area (Å²) in [6.07, 6.45) is 5.56. The molecule has 0 unspecified atom stereocenters. The molecule has 0 aliphatic rings. The number of nitrogens with zero attached hydrogens (tertiary/aromatic N) is 2. The number of hydrogen-bond donors (Lipinski definition) is 0. The second kappa shape index (κ2) is 8.60. The van der Waals surface area contributed by atoms with Crippen molar-refractivity contribution in [1.29, 1.82) is 0 Å². The van der Waals surface area contributed by atoms with Crippen LogP contribution in [0.2, 0.25) is 0 Å². The van der Waals surface area contributed by atoms with E-state index in [0.717, 1.165) is 54.5 Å². The second-order valence-corrected chi connectivity index (χ2v) is 6.09. The molecule has 0 N–H and O–H groups in total. The lowest BCUT2D eigenvalue weighted by molar-refractivity contribution is -0.122. The quantitative estimate of drug-likeness (QED) is 0.659. The molecule has 1 rings (SSSR count). The normalized spacial score (nSPS) is 11.3. The monoisotopic (exact) mass is 342 g/mol. The summed E-state index contributed by atoms with van der Waals surface area (Å²) in [5.74, 6) is 0.578. The van der Waals surface area contributed by atoms with E-state index in [4.69, 9.17) is 0 Å². The summed E-state index contributed by atoms with van der Waals surface area (Å²) in [4.78, 5) is 12.5. The van der Waals surface area contributed by atoms with Gasteiger partial charge in [0.05, 0.1) is 15.9 Å². The minimum Gasteiger partial charge on any atom is -0.299 e. The van der Waals surface area contributed by atoms with E-state index in [1.165, 1.54) is 0 Å². The lowest BCUT2D eigenvalue weighted by Gasteiger charge is -2.14. The van der Waals surface area contributed by atoms with Crippen molar-refractivity contribution in [1.82, 2.24) is 9.78 Å². The van der Waals surface area contributed by atoms with Crippen molar-refractivity contribution in [3.63, 3.8) is 0 Å². The van der Waals surface area contributed by atoms with E-state index in [9.17, 15) is 4.79 Å². The van der Waals surface area contributed by atoms with E-state index >= 15 is 0 Å². The fourth-order valence-corrected chi connectivity index (χ4v) is 3.36. The molecule has 3 nitrogen and oxygen atoms in total. The first kappa shape index (κ1) is 17.4. The molecule has 1 aromatic rings. The molecule has 0 spiro atoms. The van der Waals surface area contributed by atoms with Crippen LogP contribution in [0.1, 0.15) is 64.8 Å². The Kier molecular flexibility index (Phi) is 7.49. The molecule has 20 heavy (non-hydrogen) atoms. The summed E-state index contributed by atoms with van der Waals surface area (Å²) in [6.45, 7) is 9.28. The van der Waals surface area contributed by atoms with Gasteiger partial charge in [-0.15, -0.1) is 0 Å². The highest BCUT2D eigenvalue weighted by molar-refractivity contribution is 9.10.